The third-order valence-electron chi connectivity index (χ3n) is 13.4. The normalized spacial score (nSPS) is 20.4. The lowest BCUT2D eigenvalue weighted by molar-refractivity contribution is -0.148. The van der Waals surface area contributed by atoms with E-state index in [4.69, 9.17) is 14.2 Å². The van der Waals surface area contributed by atoms with Gasteiger partial charge in [-0.3, -0.25) is 14.4 Å². The first kappa shape index (κ1) is 52.7. The monoisotopic (exact) mass is 855 g/mol. The first-order valence-electron chi connectivity index (χ1n) is 24.5. The van der Waals surface area contributed by atoms with Crippen LogP contribution >= 0.6 is 0 Å². The van der Waals surface area contributed by atoms with Crippen LogP contribution in [-0.4, -0.2) is 29.9 Å². The molecule has 0 saturated carbocycles. The number of rotatable bonds is 27. The van der Waals surface area contributed by atoms with E-state index in [1.165, 1.54) is 63.0 Å². The van der Waals surface area contributed by atoms with Gasteiger partial charge in [0.1, 0.15) is 29.5 Å². The second-order valence-corrected chi connectivity index (χ2v) is 20.5. The average Bonchev–Trinajstić information content (AvgIpc) is 3.19. The summed E-state index contributed by atoms with van der Waals surface area (Å²) in [4.78, 5) is 36.3. The molecule has 0 aromatic heterocycles. The number of benzene rings is 1. The number of hydrogen-bond donors (Lipinski definition) is 0. The molecule has 0 spiro atoms. The summed E-state index contributed by atoms with van der Waals surface area (Å²) in [5.41, 5.74) is 6.36. The third kappa shape index (κ3) is 19.4. The largest absolute Gasteiger partial charge is 0.487 e. The molecule has 2 aliphatic rings. The molecule has 0 bridgehead atoms. The Morgan fingerprint density at radius 1 is 0.774 bits per heavy atom. The van der Waals surface area contributed by atoms with Gasteiger partial charge in [-0.15, -0.1) is 0 Å². The highest BCUT2D eigenvalue weighted by Crippen LogP contribution is 2.43. The number of esters is 2. The Balaban J connectivity index is 1.33. The lowest BCUT2D eigenvalue weighted by atomic mass is 9.71. The first-order valence-corrected chi connectivity index (χ1v) is 24.5. The van der Waals surface area contributed by atoms with Crippen molar-refractivity contribution in [2.24, 2.45) is 23.2 Å². The Labute approximate surface area is 378 Å². The number of hydrogen-bond acceptors (Lipinski definition) is 6. The lowest BCUT2D eigenvalue weighted by Gasteiger charge is -2.37. The van der Waals surface area contributed by atoms with Crippen molar-refractivity contribution in [2.45, 2.75) is 216 Å². The van der Waals surface area contributed by atoms with Crippen LogP contribution < -0.4 is 9.47 Å². The van der Waals surface area contributed by atoms with E-state index in [2.05, 4.69) is 81.4 Å². The second kappa shape index (κ2) is 26.8. The van der Waals surface area contributed by atoms with Crippen molar-refractivity contribution in [3.63, 3.8) is 0 Å². The summed E-state index contributed by atoms with van der Waals surface area (Å²) >= 11 is 0. The number of allylic oxidation sites excluding steroid dienone is 9. The van der Waals surface area contributed by atoms with Gasteiger partial charge in [-0.25, -0.2) is 0 Å². The van der Waals surface area contributed by atoms with E-state index in [1.807, 2.05) is 37.3 Å². The molecule has 4 atom stereocenters. The number of aldehydes is 1. The fourth-order valence-corrected chi connectivity index (χ4v) is 9.19. The van der Waals surface area contributed by atoms with Crippen LogP contribution in [0.5, 0.6) is 11.5 Å². The van der Waals surface area contributed by atoms with Gasteiger partial charge in [-0.1, -0.05) is 142 Å². The van der Waals surface area contributed by atoms with E-state index in [9.17, 15) is 14.4 Å². The molecule has 0 N–H and O–H groups in total. The van der Waals surface area contributed by atoms with Crippen molar-refractivity contribution >= 4 is 18.2 Å². The maximum Gasteiger partial charge on any atom is 0.311 e. The van der Waals surface area contributed by atoms with Crippen LogP contribution in [0.4, 0.5) is 0 Å². The molecule has 0 radical (unpaired) electrons. The van der Waals surface area contributed by atoms with Crippen molar-refractivity contribution in [2.75, 3.05) is 0 Å². The lowest BCUT2D eigenvalue weighted by Crippen LogP contribution is -2.36. The van der Waals surface area contributed by atoms with Crippen LogP contribution in [-0.2, 0) is 25.5 Å². The van der Waals surface area contributed by atoms with E-state index < -0.39 is 0 Å². The van der Waals surface area contributed by atoms with Crippen molar-refractivity contribution < 1.29 is 28.6 Å². The molecule has 1 aliphatic carbocycles. The standard InChI is InChI=1S/C56H86O6/c1-41(2)21-17-22-42(3)23-18-24-43(4)27-20-35-56(11)37-32-48-40-49(39-46(7)54(48)62-56)60-52(58)28-15-13-12-14-16-29-53(59)61-51-33-36-55(9,10)50(47(51)8)31-30-44(5)25-19-26-45(6)34-38-57/h19,25-26,30-31,34,38-43,51H,12-18,20-24,27-29,32-33,35-37H2,1-11H3/t42-,43-,51?,56-/m0/s1. The van der Waals surface area contributed by atoms with Gasteiger partial charge < -0.3 is 14.2 Å². The van der Waals surface area contributed by atoms with Crippen molar-refractivity contribution in [1.29, 1.82) is 0 Å². The van der Waals surface area contributed by atoms with E-state index in [0.29, 0.717) is 18.6 Å². The Kier molecular flexibility index (Phi) is 22.8. The number of aryl methyl sites for hydroxylation is 2. The number of ether oxygens (including phenoxy) is 3. The number of carbonyl (C=O) groups excluding carboxylic acids is 3. The number of fused-ring (bicyclic) bond motifs is 1. The maximum absolute atomic E-state index is 12.9. The quantitative estimate of drug-likeness (QED) is 0.0219. The Morgan fingerprint density at radius 3 is 2.05 bits per heavy atom. The minimum absolute atomic E-state index is 0.00404. The molecule has 0 saturated heterocycles. The summed E-state index contributed by atoms with van der Waals surface area (Å²) < 4.78 is 18.5. The summed E-state index contributed by atoms with van der Waals surface area (Å²) in [6.07, 6.45) is 32.8. The van der Waals surface area contributed by atoms with E-state index in [0.717, 1.165) is 122 Å². The molecule has 1 aliphatic heterocycles. The van der Waals surface area contributed by atoms with Crippen molar-refractivity contribution in [1.82, 2.24) is 0 Å². The minimum atomic E-state index is -0.199. The highest BCUT2D eigenvalue weighted by atomic mass is 16.5. The highest BCUT2D eigenvalue weighted by molar-refractivity contribution is 5.72. The molecule has 1 unspecified atom stereocenters. The fourth-order valence-electron chi connectivity index (χ4n) is 9.19. The highest BCUT2D eigenvalue weighted by Gasteiger charge is 2.34. The van der Waals surface area contributed by atoms with Gasteiger partial charge in [-0.2, -0.15) is 0 Å². The SMILES string of the molecule is CC(C=CC=C(C)C=CC1=C(C)C(OC(=O)CCCCCCCC(=O)Oc2cc(C)c3c(c2)CC[C@](C)(CCC[C@@H](C)CCC[C@@H](C)CCCC(C)C)O3)CCC1(C)C)=CC=O. The second-order valence-electron chi connectivity index (χ2n) is 20.5. The first-order chi connectivity index (χ1) is 29.4. The molecule has 1 aromatic rings. The zero-order valence-corrected chi connectivity index (χ0v) is 41.1. The molecular weight excluding hydrogens is 769 g/mol. The molecule has 6 nitrogen and oxygen atoms in total. The summed E-state index contributed by atoms with van der Waals surface area (Å²) in [5, 5.41) is 0. The average molecular weight is 855 g/mol. The fraction of sp³-hybridized carbons (Fsp3) is 0.661. The van der Waals surface area contributed by atoms with Gasteiger partial charge in [-0.05, 0) is 155 Å². The van der Waals surface area contributed by atoms with Crippen molar-refractivity contribution in [3.05, 3.63) is 82.0 Å². The summed E-state index contributed by atoms with van der Waals surface area (Å²) in [5.74, 6) is 3.68. The summed E-state index contributed by atoms with van der Waals surface area (Å²) in [6, 6.07) is 3.96. The zero-order chi connectivity index (χ0) is 45.7. The predicted molar refractivity (Wildman–Crippen MR) is 259 cm³/mol. The number of carbonyl (C=O) groups is 3. The molecule has 62 heavy (non-hydrogen) atoms. The smallest absolute Gasteiger partial charge is 0.311 e. The van der Waals surface area contributed by atoms with E-state index in [-0.39, 0.29) is 29.1 Å². The minimum Gasteiger partial charge on any atom is -0.487 e. The topological polar surface area (TPSA) is 78.9 Å². The third-order valence-corrected chi connectivity index (χ3v) is 13.4. The van der Waals surface area contributed by atoms with Crippen LogP contribution in [0.25, 0.3) is 0 Å². The van der Waals surface area contributed by atoms with Crippen LogP contribution in [0.15, 0.2) is 70.9 Å². The van der Waals surface area contributed by atoms with E-state index in [1.54, 1.807) is 0 Å². The zero-order valence-electron chi connectivity index (χ0n) is 41.1. The maximum atomic E-state index is 12.9. The van der Waals surface area contributed by atoms with Gasteiger partial charge in [0.2, 0.25) is 0 Å². The van der Waals surface area contributed by atoms with Crippen LogP contribution in [0.2, 0.25) is 0 Å². The molecule has 3 rings (SSSR count). The summed E-state index contributed by atoms with van der Waals surface area (Å²) in [7, 11) is 0. The van der Waals surface area contributed by atoms with Crippen LogP contribution in [0.3, 0.4) is 0 Å². The molecule has 0 fully saturated rings. The molecule has 346 valence electrons. The predicted octanol–water partition coefficient (Wildman–Crippen LogP) is 15.4. The molecular formula is C56H86O6. The van der Waals surface area contributed by atoms with E-state index >= 15 is 0 Å². The number of unbranched alkanes of at least 4 members (excludes halogenated alkanes) is 4. The molecule has 1 heterocycles. The molecule has 0 amide bonds. The Hall–Kier alpha value is -3.67. The van der Waals surface area contributed by atoms with Gasteiger partial charge in [0, 0.05) is 12.8 Å². The van der Waals surface area contributed by atoms with Gasteiger partial charge >= 0.3 is 11.9 Å². The van der Waals surface area contributed by atoms with Gasteiger partial charge in [0.15, 0.2) is 0 Å². The van der Waals surface area contributed by atoms with Crippen molar-refractivity contribution in [3.8, 4) is 11.5 Å². The Morgan fingerprint density at radius 2 is 1.39 bits per heavy atom. The van der Waals surface area contributed by atoms with Crippen LogP contribution in [0.1, 0.15) is 202 Å². The van der Waals surface area contributed by atoms with Gasteiger partial charge in [0.05, 0.1) is 0 Å². The Bertz CT molecular complexity index is 1740. The molecule has 1 aromatic carbocycles. The summed E-state index contributed by atoms with van der Waals surface area (Å²) in [6.45, 7) is 24.4. The molecule has 6 heteroatoms. The van der Waals surface area contributed by atoms with Crippen LogP contribution in [0, 0.1) is 30.1 Å². The van der Waals surface area contributed by atoms with Gasteiger partial charge in [0.25, 0.3) is 0 Å².